The van der Waals surface area contributed by atoms with Gasteiger partial charge in [0.15, 0.2) is 0 Å². The highest BCUT2D eigenvalue weighted by Crippen LogP contribution is 2.39. The lowest BCUT2D eigenvalue weighted by molar-refractivity contribution is -0.128. The fourth-order valence-electron chi connectivity index (χ4n) is 3.23. The van der Waals surface area contributed by atoms with Gasteiger partial charge in [0, 0.05) is 17.7 Å². The summed E-state index contributed by atoms with van der Waals surface area (Å²) in [5.41, 5.74) is 4.46. The smallest absolute Gasteiger partial charge is 0.335 e. The van der Waals surface area contributed by atoms with E-state index < -0.39 is 5.97 Å². The van der Waals surface area contributed by atoms with Crippen LogP contribution in [0.1, 0.15) is 31.9 Å². The molecule has 6 heteroatoms. The second kappa shape index (κ2) is 5.17. The number of phenols is 1. The number of aryl methyl sites for hydroxylation is 1. The van der Waals surface area contributed by atoms with Crippen LogP contribution in [0.5, 0.6) is 11.5 Å². The van der Waals surface area contributed by atoms with Crippen molar-refractivity contribution in [3.8, 4) is 17.2 Å². The molecule has 2 aromatic carbocycles. The molecule has 1 N–H and O–H groups in total. The Labute approximate surface area is 150 Å². The van der Waals surface area contributed by atoms with E-state index in [1.54, 1.807) is 12.1 Å². The zero-order valence-electron chi connectivity index (χ0n) is 15.3. The maximum Gasteiger partial charge on any atom is 0.335 e. The summed E-state index contributed by atoms with van der Waals surface area (Å²) >= 11 is 0. The maximum atomic E-state index is 11.4. The van der Waals surface area contributed by atoms with Crippen molar-refractivity contribution in [2.45, 2.75) is 33.1 Å². The molecule has 0 saturated carbocycles. The number of aromatic nitrogens is 3. The number of hydrogen-bond acceptors (Lipinski definition) is 3. The zero-order valence-corrected chi connectivity index (χ0v) is 15.3. The highest BCUT2D eigenvalue weighted by Gasteiger charge is 2.29. The first-order valence-corrected chi connectivity index (χ1v) is 8.45. The molecule has 0 bridgehead atoms. The van der Waals surface area contributed by atoms with Gasteiger partial charge in [-0.15, -0.1) is 14.1 Å². The van der Waals surface area contributed by atoms with Gasteiger partial charge in [0.05, 0.1) is 0 Å². The van der Waals surface area contributed by atoms with E-state index in [-0.39, 0.29) is 11.2 Å². The third kappa shape index (κ3) is 2.29. The predicted octanol–water partition coefficient (Wildman–Crippen LogP) is 3.82. The van der Waals surface area contributed by atoms with E-state index in [2.05, 4.69) is 27.4 Å². The van der Waals surface area contributed by atoms with E-state index in [1.807, 2.05) is 39.2 Å². The van der Waals surface area contributed by atoms with Gasteiger partial charge in [-0.25, -0.2) is 4.79 Å². The van der Waals surface area contributed by atoms with Crippen molar-refractivity contribution < 1.29 is 14.6 Å². The molecule has 0 atom stereocenters. The summed E-state index contributed by atoms with van der Waals surface area (Å²) in [4.78, 5) is 13.3. The molecular weight excluding hydrogens is 330 g/mol. The number of esters is 1. The third-order valence-corrected chi connectivity index (χ3v) is 4.53. The lowest BCUT2D eigenvalue weighted by Gasteiger charge is -2.21. The van der Waals surface area contributed by atoms with E-state index in [4.69, 9.17) is 4.74 Å². The van der Waals surface area contributed by atoms with Gasteiger partial charge in [-0.3, -0.25) is 0 Å². The summed E-state index contributed by atoms with van der Waals surface area (Å²) < 4.78 is 9.05. The summed E-state index contributed by atoms with van der Waals surface area (Å²) in [6.45, 7) is 11.7. The monoisotopic (exact) mass is 351 g/mol. The molecule has 134 valence electrons. The van der Waals surface area contributed by atoms with Gasteiger partial charge < -0.3 is 9.84 Å². The molecule has 0 spiro atoms. The summed E-state index contributed by atoms with van der Waals surface area (Å²) in [5, 5.41) is 10.8. The molecule has 4 aromatic rings. The second-order valence-corrected chi connectivity index (χ2v) is 7.57. The number of fused-ring (bicyclic) bond motifs is 4. The van der Waals surface area contributed by atoms with Crippen LogP contribution in [0, 0.1) is 6.92 Å². The minimum absolute atomic E-state index is 0.163. The Morgan fingerprint density at radius 1 is 1.15 bits per heavy atom. The van der Waals surface area contributed by atoms with Crippen molar-refractivity contribution in [3.63, 3.8) is 0 Å². The molecule has 0 aliphatic carbocycles. The van der Waals surface area contributed by atoms with E-state index in [9.17, 15) is 9.90 Å². The summed E-state index contributed by atoms with van der Waals surface area (Å²) in [6, 6.07) is 9.40. The van der Waals surface area contributed by atoms with Crippen LogP contribution < -0.4 is 4.74 Å². The number of nitrogens with zero attached hydrogens (tertiary/aromatic N) is 3. The lowest BCUT2D eigenvalue weighted by atomic mass is 9.85. The van der Waals surface area contributed by atoms with Crippen LogP contribution in [0.2, 0.25) is 0 Å². The molecule has 2 heterocycles. The standard InChI is InChI=1S/C20H21N3O3/c1-6-18(24)26-13-7-8-15-16(11-13)22-21(15)23(22)17-10-12(2)9-14(19(17)25)20(3,4)5/h6-11,25H,1H2,2-5H3. The van der Waals surface area contributed by atoms with Gasteiger partial charge >= 0.3 is 5.97 Å². The molecule has 0 unspecified atom stereocenters. The Kier molecular flexibility index (Phi) is 3.25. The Morgan fingerprint density at radius 2 is 1.85 bits per heavy atom. The SMILES string of the molecule is C=CC(=O)Oc1ccc2c(c1)n1n(-c3cc(C)cc(C(C)(C)C)c3O)n21. The van der Waals surface area contributed by atoms with Gasteiger partial charge in [-0.05, 0) is 36.1 Å². The average Bonchev–Trinajstić information content (AvgIpc) is 3.22. The number of rotatable bonds is 3. The highest BCUT2D eigenvalue weighted by atomic mass is 16.5. The molecular formula is C20H21N3O3. The number of carbonyl (C=O) groups is 1. The third-order valence-electron chi connectivity index (χ3n) is 4.53. The van der Waals surface area contributed by atoms with E-state index >= 15 is 0 Å². The molecule has 0 saturated heterocycles. The van der Waals surface area contributed by atoms with E-state index in [0.29, 0.717) is 5.75 Å². The minimum atomic E-state index is -0.491. The molecule has 6 nitrogen and oxygen atoms in total. The number of phenolic OH excluding ortho intramolecular Hbond substituents is 1. The van der Waals surface area contributed by atoms with Crippen LogP contribution in [0.4, 0.5) is 0 Å². The van der Waals surface area contributed by atoms with E-state index in [1.165, 1.54) is 0 Å². The van der Waals surface area contributed by atoms with E-state index in [0.717, 1.165) is 33.9 Å². The first-order valence-electron chi connectivity index (χ1n) is 8.45. The second-order valence-electron chi connectivity index (χ2n) is 7.57. The molecule has 0 aliphatic heterocycles. The Morgan fingerprint density at radius 3 is 2.50 bits per heavy atom. The van der Waals surface area contributed by atoms with Gasteiger partial charge in [-0.2, -0.15) is 0 Å². The Balaban J connectivity index is 1.82. The van der Waals surface area contributed by atoms with Crippen molar-refractivity contribution in [1.82, 2.24) is 14.1 Å². The molecule has 0 fully saturated rings. The van der Waals surface area contributed by atoms with Crippen molar-refractivity contribution >= 4 is 17.0 Å². The normalized spacial score (nSPS) is 12.3. The fourth-order valence-corrected chi connectivity index (χ4v) is 3.23. The number of hydrogen-bond donors (Lipinski definition) is 1. The van der Waals surface area contributed by atoms with Crippen LogP contribution in [0.3, 0.4) is 0 Å². The van der Waals surface area contributed by atoms with Crippen molar-refractivity contribution in [1.29, 1.82) is 0 Å². The highest BCUT2D eigenvalue weighted by molar-refractivity contribution is 5.86. The van der Waals surface area contributed by atoms with Crippen LogP contribution in [-0.4, -0.2) is 25.1 Å². The number of carbonyl (C=O) groups excluding carboxylic acids is 1. The van der Waals surface area contributed by atoms with Gasteiger partial charge in [0.25, 0.3) is 0 Å². The Bertz CT molecular complexity index is 1150. The van der Waals surface area contributed by atoms with Gasteiger partial charge in [0.1, 0.15) is 28.2 Å². The predicted molar refractivity (Wildman–Crippen MR) is 99.8 cm³/mol. The topological polar surface area (TPSA) is 60.3 Å². The van der Waals surface area contributed by atoms with Crippen LogP contribution in [0.15, 0.2) is 43.0 Å². The van der Waals surface area contributed by atoms with Crippen LogP contribution in [0.25, 0.3) is 16.7 Å². The van der Waals surface area contributed by atoms with Crippen LogP contribution in [-0.2, 0) is 10.2 Å². The first kappa shape index (κ1) is 16.3. The first-order chi connectivity index (χ1) is 12.2. The molecule has 0 radical (unpaired) electrons. The van der Waals surface area contributed by atoms with Gasteiger partial charge in [0.2, 0.25) is 0 Å². The fraction of sp³-hybridized carbons (Fsp3) is 0.250. The van der Waals surface area contributed by atoms with Crippen molar-refractivity contribution in [2.75, 3.05) is 0 Å². The lowest BCUT2D eigenvalue weighted by Crippen LogP contribution is -2.12. The number of aromatic hydroxyl groups is 1. The molecule has 26 heavy (non-hydrogen) atoms. The van der Waals surface area contributed by atoms with Crippen LogP contribution >= 0.6 is 0 Å². The molecule has 0 amide bonds. The Hall–Kier alpha value is -3.15. The number of ether oxygens (including phenoxy) is 1. The maximum absolute atomic E-state index is 11.4. The summed E-state index contributed by atoms with van der Waals surface area (Å²) in [5.74, 6) is 0.251. The van der Waals surface area contributed by atoms with Crippen molar-refractivity contribution in [2.24, 2.45) is 0 Å². The number of benzene rings is 2. The molecule has 4 rings (SSSR count). The summed E-state index contributed by atoms with van der Waals surface area (Å²) in [7, 11) is 0. The largest absolute Gasteiger partial charge is 0.505 e. The summed E-state index contributed by atoms with van der Waals surface area (Å²) in [6.07, 6.45) is 1.13. The zero-order chi connectivity index (χ0) is 18.8. The quantitative estimate of drug-likeness (QED) is 0.347. The molecule has 0 aliphatic rings. The minimum Gasteiger partial charge on any atom is -0.505 e. The average molecular weight is 351 g/mol. The van der Waals surface area contributed by atoms with Gasteiger partial charge in [-0.1, -0.05) is 33.4 Å². The molecule has 2 aromatic heterocycles. The van der Waals surface area contributed by atoms with Crippen molar-refractivity contribution in [3.05, 3.63) is 54.1 Å².